The monoisotopic (exact) mass is 226 g/mol. The Balaban J connectivity index is 2.69. The van der Waals surface area contributed by atoms with Gasteiger partial charge in [-0.05, 0) is 31.0 Å². The minimum atomic E-state index is -3.18. The maximum absolute atomic E-state index is 11.8. The molecule has 82 valence electrons. The van der Waals surface area contributed by atoms with Gasteiger partial charge in [-0.15, -0.1) is 0 Å². The lowest BCUT2D eigenvalue weighted by Crippen LogP contribution is -2.16. The molecule has 1 heterocycles. The summed E-state index contributed by atoms with van der Waals surface area (Å²) in [6, 6.07) is 5.26. The Hall–Kier alpha value is -0.870. The third-order valence-electron chi connectivity index (χ3n) is 2.97. The Morgan fingerprint density at radius 2 is 2.13 bits per heavy atom. The first-order valence-corrected chi connectivity index (χ1v) is 6.59. The van der Waals surface area contributed by atoms with Crippen molar-refractivity contribution in [2.45, 2.75) is 30.8 Å². The third-order valence-corrected chi connectivity index (χ3v) is 4.80. The molecule has 2 rings (SSSR count). The number of rotatable bonds is 1. The van der Waals surface area contributed by atoms with Crippen LogP contribution >= 0.6 is 0 Å². The van der Waals surface area contributed by atoms with Crippen molar-refractivity contribution in [3.8, 4) is 0 Å². The first-order chi connectivity index (χ1) is 6.93. The molecule has 0 radical (unpaired) electrons. The minimum absolute atomic E-state index is 0.0326. The van der Waals surface area contributed by atoms with Crippen LogP contribution < -0.4 is 0 Å². The lowest BCUT2D eigenvalue weighted by Gasteiger charge is -2.14. The molecule has 0 saturated carbocycles. The zero-order valence-corrected chi connectivity index (χ0v) is 9.58. The maximum atomic E-state index is 11.8. The Morgan fingerprint density at radius 1 is 1.47 bits per heavy atom. The van der Waals surface area contributed by atoms with E-state index in [-0.39, 0.29) is 11.7 Å². The smallest absolute Gasteiger partial charge is 0.179 e. The molecule has 3 nitrogen and oxygen atoms in total. The molecule has 4 heteroatoms. The molecule has 0 aromatic heterocycles. The van der Waals surface area contributed by atoms with E-state index in [1.54, 1.807) is 19.1 Å². The molecule has 1 aromatic rings. The van der Waals surface area contributed by atoms with Crippen molar-refractivity contribution in [2.24, 2.45) is 0 Å². The van der Waals surface area contributed by atoms with Crippen molar-refractivity contribution in [2.75, 3.05) is 5.75 Å². The van der Waals surface area contributed by atoms with Crippen molar-refractivity contribution in [1.29, 1.82) is 0 Å². The van der Waals surface area contributed by atoms with Gasteiger partial charge in [-0.1, -0.05) is 12.1 Å². The first-order valence-electron chi connectivity index (χ1n) is 4.94. The van der Waals surface area contributed by atoms with Crippen LogP contribution in [0.3, 0.4) is 0 Å². The molecule has 0 spiro atoms. The summed E-state index contributed by atoms with van der Waals surface area (Å²) in [5, 5.41) is 9.59. The highest BCUT2D eigenvalue weighted by atomic mass is 32.2. The van der Waals surface area contributed by atoms with Gasteiger partial charge in [0.2, 0.25) is 0 Å². The minimum Gasteiger partial charge on any atom is -0.393 e. The Kier molecular flexibility index (Phi) is 2.35. The number of benzene rings is 1. The molecule has 15 heavy (non-hydrogen) atoms. The summed E-state index contributed by atoms with van der Waals surface area (Å²) in [6.07, 6.45) is -0.623. The predicted octanol–water partition coefficient (Wildman–Crippen LogP) is 1.25. The molecule has 1 aliphatic heterocycles. The van der Waals surface area contributed by atoms with Crippen LogP contribution in [0.1, 0.15) is 24.0 Å². The summed E-state index contributed by atoms with van der Waals surface area (Å²) in [5.74, 6) is -0.239. The van der Waals surface area contributed by atoms with E-state index in [2.05, 4.69) is 0 Å². The Bertz CT molecular complexity index is 489. The number of sulfone groups is 1. The summed E-state index contributed by atoms with van der Waals surface area (Å²) in [6.45, 7) is 3.52. The van der Waals surface area contributed by atoms with E-state index in [9.17, 15) is 13.5 Å². The Morgan fingerprint density at radius 3 is 2.73 bits per heavy atom. The molecule has 0 fully saturated rings. The maximum Gasteiger partial charge on any atom is 0.179 e. The third kappa shape index (κ3) is 1.58. The van der Waals surface area contributed by atoms with Crippen LogP contribution in [0, 0.1) is 6.92 Å². The topological polar surface area (TPSA) is 54.4 Å². The van der Waals surface area contributed by atoms with Crippen LogP contribution in [0.5, 0.6) is 0 Å². The van der Waals surface area contributed by atoms with Crippen LogP contribution in [0.4, 0.5) is 0 Å². The second-order valence-corrected chi connectivity index (χ2v) is 6.12. The van der Waals surface area contributed by atoms with Crippen molar-refractivity contribution in [1.82, 2.24) is 0 Å². The summed E-state index contributed by atoms with van der Waals surface area (Å²) < 4.78 is 23.6. The van der Waals surface area contributed by atoms with Gasteiger partial charge in [0, 0.05) is 5.92 Å². The van der Waals surface area contributed by atoms with Crippen LogP contribution in [0.25, 0.3) is 0 Å². The van der Waals surface area contributed by atoms with E-state index in [1.807, 2.05) is 13.0 Å². The number of aliphatic hydroxyl groups excluding tert-OH is 1. The zero-order valence-electron chi connectivity index (χ0n) is 8.77. The highest BCUT2D eigenvalue weighted by molar-refractivity contribution is 7.91. The molecule has 0 amide bonds. The van der Waals surface area contributed by atoms with Crippen LogP contribution in [0.15, 0.2) is 23.1 Å². The predicted molar refractivity (Wildman–Crippen MR) is 57.7 cm³/mol. The van der Waals surface area contributed by atoms with Gasteiger partial charge in [0.15, 0.2) is 9.84 Å². The fourth-order valence-corrected chi connectivity index (χ4v) is 4.22. The number of aliphatic hydroxyl groups is 1. The quantitative estimate of drug-likeness (QED) is 0.784. The van der Waals surface area contributed by atoms with Gasteiger partial charge in [0.05, 0.1) is 16.8 Å². The SMILES string of the molecule is Cc1cccc2c1C(C(C)O)CS2(=O)=O. The van der Waals surface area contributed by atoms with Crippen molar-refractivity contribution in [3.63, 3.8) is 0 Å². The van der Waals surface area contributed by atoms with Gasteiger partial charge in [-0.2, -0.15) is 0 Å². The highest BCUT2D eigenvalue weighted by Crippen LogP contribution is 2.38. The van der Waals surface area contributed by atoms with Gasteiger partial charge < -0.3 is 5.11 Å². The molecular formula is C11H14O3S. The van der Waals surface area contributed by atoms with Gasteiger partial charge in [-0.3, -0.25) is 0 Å². The van der Waals surface area contributed by atoms with Crippen molar-refractivity contribution < 1.29 is 13.5 Å². The molecular weight excluding hydrogens is 212 g/mol. The molecule has 2 atom stereocenters. The van der Waals surface area contributed by atoms with E-state index in [0.29, 0.717) is 4.90 Å². The zero-order chi connectivity index (χ0) is 11.2. The Labute approximate surface area is 89.7 Å². The lowest BCUT2D eigenvalue weighted by molar-refractivity contribution is 0.170. The van der Waals surface area contributed by atoms with Crippen molar-refractivity contribution >= 4 is 9.84 Å². The van der Waals surface area contributed by atoms with E-state index >= 15 is 0 Å². The first kappa shape index (κ1) is 10.6. The largest absolute Gasteiger partial charge is 0.393 e. The number of hydrogen-bond acceptors (Lipinski definition) is 3. The standard InChI is InChI=1S/C11H14O3S/c1-7-4-3-5-10-11(7)9(8(2)12)6-15(10,13)14/h3-5,8-9,12H,6H2,1-2H3. The average Bonchev–Trinajstić information content (AvgIpc) is 2.40. The van der Waals surface area contributed by atoms with Gasteiger partial charge >= 0.3 is 0 Å². The molecule has 1 N–H and O–H groups in total. The van der Waals surface area contributed by atoms with E-state index in [0.717, 1.165) is 11.1 Å². The van der Waals surface area contributed by atoms with Gasteiger partial charge in [0.25, 0.3) is 0 Å². The number of hydrogen-bond donors (Lipinski definition) is 1. The highest BCUT2D eigenvalue weighted by Gasteiger charge is 2.37. The van der Waals surface area contributed by atoms with Crippen LogP contribution in [-0.4, -0.2) is 25.4 Å². The average molecular weight is 226 g/mol. The number of fused-ring (bicyclic) bond motifs is 1. The molecule has 0 bridgehead atoms. The van der Waals surface area contributed by atoms with E-state index < -0.39 is 15.9 Å². The fourth-order valence-electron chi connectivity index (χ4n) is 2.19. The lowest BCUT2D eigenvalue weighted by atomic mass is 9.93. The molecule has 1 aromatic carbocycles. The van der Waals surface area contributed by atoms with Gasteiger partial charge in [-0.25, -0.2) is 8.42 Å². The molecule has 0 saturated heterocycles. The van der Waals surface area contributed by atoms with Crippen molar-refractivity contribution in [3.05, 3.63) is 29.3 Å². The fraction of sp³-hybridized carbons (Fsp3) is 0.455. The second kappa shape index (κ2) is 3.32. The molecule has 2 unspecified atom stereocenters. The summed E-state index contributed by atoms with van der Waals surface area (Å²) in [7, 11) is -3.18. The van der Waals surface area contributed by atoms with Crippen LogP contribution in [0.2, 0.25) is 0 Å². The molecule has 0 aliphatic carbocycles. The van der Waals surface area contributed by atoms with Crippen LogP contribution in [-0.2, 0) is 9.84 Å². The summed E-state index contributed by atoms with van der Waals surface area (Å²) in [5.41, 5.74) is 1.74. The summed E-state index contributed by atoms with van der Waals surface area (Å²) in [4.78, 5) is 0.397. The molecule has 1 aliphatic rings. The van der Waals surface area contributed by atoms with E-state index in [4.69, 9.17) is 0 Å². The second-order valence-electron chi connectivity index (χ2n) is 4.12. The normalized spacial score (nSPS) is 24.9. The number of aryl methyl sites for hydroxylation is 1. The van der Waals surface area contributed by atoms with E-state index in [1.165, 1.54) is 0 Å². The summed E-state index contributed by atoms with van der Waals surface area (Å²) >= 11 is 0. The van der Waals surface area contributed by atoms with Gasteiger partial charge in [0.1, 0.15) is 0 Å².